The van der Waals surface area contributed by atoms with Gasteiger partial charge in [0, 0.05) is 50.6 Å². The highest BCUT2D eigenvalue weighted by Gasteiger charge is 2.18. The molecule has 0 atom stereocenters. The second-order valence-corrected chi connectivity index (χ2v) is 6.59. The highest BCUT2D eigenvalue weighted by atomic mass is 16.5. The van der Waals surface area contributed by atoms with Crippen molar-refractivity contribution >= 4 is 5.82 Å². The van der Waals surface area contributed by atoms with Gasteiger partial charge in [-0.2, -0.15) is 0 Å². The van der Waals surface area contributed by atoms with Gasteiger partial charge in [-0.25, -0.2) is 9.97 Å². The molecule has 27 heavy (non-hydrogen) atoms. The molecule has 0 N–H and O–H groups in total. The molecule has 6 heteroatoms. The summed E-state index contributed by atoms with van der Waals surface area (Å²) >= 11 is 0. The van der Waals surface area contributed by atoms with Crippen molar-refractivity contribution in [3.8, 4) is 17.1 Å². The van der Waals surface area contributed by atoms with E-state index in [9.17, 15) is 0 Å². The zero-order valence-electron chi connectivity index (χ0n) is 15.5. The average Bonchev–Trinajstić information content (AvgIpc) is 2.75. The van der Waals surface area contributed by atoms with Crippen LogP contribution in [0, 0.1) is 0 Å². The van der Waals surface area contributed by atoms with Crippen LogP contribution in [0.3, 0.4) is 0 Å². The van der Waals surface area contributed by atoms with Crippen LogP contribution in [0.1, 0.15) is 5.56 Å². The highest BCUT2D eigenvalue weighted by Crippen LogP contribution is 2.20. The van der Waals surface area contributed by atoms with Crippen molar-refractivity contribution in [2.24, 2.45) is 0 Å². The molecule has 0 amide bonds. The zero-order chi connectivity index (χ0) is 18.5. The molecule has 138 valence electrons. The molecule has 1 saturated heterocycles. The topological polar surface area (TPSA) is 54.4 Å². The third-order valence-electron chi connectivity index (χ3n) is 4.85. The molecular weight excluding hydrogens is 338 g/mol. The van der Waals surface area contributed by atoms with Crippen molar-refractivity contribution in [1.29, 1.82) is 0 Å². The lowest BCUT2D eigenvalue weighted by atomic mass is 10.1. The summed E-state index contributed by atoms with van der Waals surface area (Å²) in [5, 5.41) is 0. The fourth-order valence-electron chi connectivity index (χ4n) is 3.32. The molecule has 0 spiro atoms. The molecule has 4 rings (SSSR count). The number of ether oxygens (including phenoxy) is 1. The van der Waals surface area contributed by atoms with Crippen molar-refractivity contribution in [1.82, 2.24) is 19.9 Å². The Morgan fingerprint density at radius 1 is 0.926 bits per heavy atom. The summed E-state index contributed by atoms with van der Waals surface area (Å²) in [6, 6.07) is 16.6. The Bertz CT molecular complexity index is 861. The van der Waals surface area contributed by atoms with Crippen LogP contribution in [0.5, 0.6) is 5.88 Å². The first kappa shape index (κ1) is 17.4. The van der Waals surface area contributed by atoms with Gasteiger partial charge in [0.2, 0.25) is 5.88 Å². The van der Waals surface area contributed by atoms with Gasteiger partial charge in [-0.05, 0) is 17.7 Å². The van der Waals surface area contributed by atoms with Crippen LogP contribution in [0.25, 0.3) is 11.3 Å². The molecule has 2 aromatic heterocycles. The highest BCUT2D eigenvalue weighted by molar-refractivity contribution is 5.59. The zero-order valence-corrected chi connectivity index (χ0v) is 15.5. The SMILES string of the molecule is COc1cc(N2CCN(Cc3ccc(-c4ccccn4)cc3)CC2)ncn1. The Hall–Kier alpha value is -2.99. The van der Waals surface area contributed by atoms with Gasteiger partial charge in [-0.1, -0.05) is 30.3 Å². The van der Waals surface area contributed by atoms with E-state index in [-0.39, 0.29) is 0 Å². The molecule has 3 aromatic rings. The quantitative estimate of drug-likeness (QED) is 0.697. The normalized spacial score (nSPS) is 14.9. The predicted octanol–water partition coefficient (Wildman–Crippen LogP) is 2.87. The lowest BCUT2D eigenvalue weighted by molar-refractivity contribution is 0.249. The Morgan fingerprint density at radius 2 is 1.74 bits per heavy atom. The summed E-state index contributed by atoms with van der Waals surface area (Å²) in [5.41, 5.74) is 3.49. The lowest BCUT2D eigenvalue weighted by Crippen LogP contribution is -2.46. The molecule has 1 fully saturated rings. The van der Waals surface area contributed by atoms with Crippen molar-refractivity contribution in [3.63, 3.8) is 0 Å². The number of anilines is 1. The Morgan fingerprint density at radius 3 is 2.44 bits per heavy atom. The molecule has 1 aromatic carbocycles. The first-order chi connectivity index (χ1) is 13.3. The Balaban J connectivity index is 1.34. The molecule has 0 unspecified atom stereocenters. The standard InChI is InChI=1S/C21H23N5O/c1-27-21-14-20(23-16-24-21)26-12-10-25(11-13-26)15-17-5-7-18(8-6-17)19-4-2-3-9-22-19/h2-9,14,16H,10-13,15H2,1H3. The third-order valence-corrected chi connectivity index (χ3v) is 4.85. The van der Waals surface area contributed by atoms with Crippen LogP contribution in [0.2, 0.25) is 0 Å². The number of methoxy groups -OCH3 is 1. The predicted molar refractivity (Wildman–Crippen MR) is 106 cm³/mol. The molecule has 0 radical (unpaired) electrons. The van der Waals surface area contributed by atoms with Gasteiger partial charge in [0.1, 0.15) is 12.1 Å². The molecule has 1 aliphatic rings. The molecular formula is C21H23N5O. The maximum Gasteiger partial charge on any atom is 0.218 e. The number of rotatable bonds is 5. The Kier molecular flexibility index (Phi) is 5.25. The van der Waals surface area contributed by atoms with Gasteiger partial charge in [-0.15, -0.1) is 0 Å². The number of benzene rings is 1. The number of hydrogen-bond donors (Lipinski definition) is 0. The summed E-state index contributed by atoms with van der Waals surface area (Å²) in [5.74, 6) is 1.54. The van der Waals surface area contributed by atoms with E-state index < -0.39 is 0 Å². The van der Waals surface area contributed by atoms with E-state index >= 15 is 0 Å². The minimum Gasteiger partial charge on any atom is -0.481 e. The molecule has 0 saturated carbocycles. The maximum absolute atomic E-state index is 5.19. The van der Waals surface area contributed by atoms with E-state index in [0.717, 1.165) is 49.8 Å². The van der Waals surface area contributed by atoms with Gasteiger partial charge in [-0.3, -0.25) is 9.88 Å². The smallest absolute Gasteiger partial charge is 0.218 e. The lowest BCUT2D eigenvalue weighted by Gasteiger charge is -2.35. The van der Waals surface area contributed by atoms with Crippen LogP contribution in [-0.2, 0) is 6.54 Å². The average molecular weight is 361 g/mol. The minimum atomic E-state index is 0.607. The van der Waals surface area contributed by atoms with Gasteiger partial charge in [0.25, 0.3) is 0 Å². The van der Waals surface area contributed by atoms with Crippen molar-refractivity contribution in [2.75, 3.05) is 38.2 Å². The van der Waals surface area contributed by atoms with Crippen molar-refractivity contribution < 1.29 is 4.74 Å². The summed E-state index contributed by atoms with van der Waals surface area (Å²) in [6.45, 7) is 4.88. The molecule has 1 aliphatic heterocycles. The first-order valence-electron chi connectivity index (χ1n) is 9.15. The van der Waals surface area contributed by atoms with E-state index in [2.05, 4.69) is 49.0 Å². The van der Waals surface area contributed by atoms with E-state index in [1.54, 1.807) is 13.4 Å². The van der Waals surface area contributed by atoms with E-state index in [4.69, 9.17) is 4.74 Å². The summed E-state index contributed by atoms with van der Waals surface area (Å²) in [7, 11) is 1.63. The van der Waals surface area contributed by atoms with Crippen LogP contribution >= 0.6 is 0 Å². The number of piperazine rings is 1. The molecule has 6 nitrogen and oxygen atoms in total. The van der Waals surface area contributed by atoms with Gasteiger partial charge in [0.15, 0.2) is 0 Å². The van der Waals surface area contributed by atoms with E-state index in [1.807, 2.05) is 30.5 Å². The fourth-order valence-corrected chi connectivity index (χ4v) is 3.32. The molecule has 0 bridgehead atoms. The maximum atomic E-state index is 5.19. The Labute approximate surface area is 159 Å². The second kappa shape index (κ2) is 8.14. The van der Waals surface area contributed by atoms with Gasteiger partial charge >= 0.3 is 0 Å². The number of nitrogens with zero attached hydrogens (tertiary/aromatic N) is 5. The minimum absolute atomic E-state index is 0.607. The van der Waals surface area contributed by atoms with Crippen LogP contribution in [0.4, 0.5) is 5.82 Å². The molecule has 0 aliphatic carbocycles. The van der Waals surface area contributed by atoms with E-state index in [0.29, 0.717) is 5.88 Å². The van der Waals surface area contributed by atoms with Crippen LogP contribution in [-0.4, -0.2) is 53.1 Å². The number of hydrogen-bond acceptors (Lipinski definition) is 6. The largest absolute Gasteiger partial charge is 0.481 e. The number of aromatic nitrogens is 3. The summed E-state index contributed by atoms with van der Waals surface area (Å²) in [6.07, 6.45) is 3.39. The monoisotopic (exact) mass is 361 g/mol. The molecule has 3 heterocycles. The van der Waals surface area contributed by atoms with Gasteiger partial charge < -0.3 is 9.64 Å². The van der Waals surface area contributed by atoms with Gasteiger partial charge in [0.05, 0.1) is 12.8 Å². The van der Waals surface area contributed by atoms with Crippen molar-refractivity contribution in [2.45, 2.75) is 6.54 Å². The first-order valence-corrected chi connectivity index (χ1v) is 9.15. The van der Waals surface area contributed by atoms with E-state index in [1.165, 1.54) is 5.56 Å². The fraction of sp³-hybridized carbons (Fsp3) is 0.286. The third kappa shape index (κ3) is 4.23. The summed E-state index contributed by atoms with van der Waals surface area (Å²) < 4.78 is 5.19. The number of pyridine rings is 1. The van der Waals surface area contributed by atoms with Crippen LogP contribution in [0.15, 0.2) is 61.1 Å². The van der Waals surface area contributed by atoms with Crippen LogP contribution < -0.4 is 9.64 Å². The summed E-state index contributed by atoms with van der Waals surface area (Å²) in [4.78, 5) is 17.6. The van der Waals surface area contributed by atoms with Crippen molar-refractivity contribution in [3.05, 3.63) is 66.6 Å². The second-order valence-electron chi connectivity index (χ2n) is 6.59.